The molecule has 0 aromatic heterocycles. The van der Waals surface area contributed by atoms with Crippen molar-refractivity contribution in [1.82, 2.24) is 5.48 Å². The van der Waals surface area contributed by atoms with Crippen LogP contribution in [-0.2, 0) is 6.54 Å². The molecule has 1 aromatic carbocycles. The minimum atomic E-state index is 0.471. The molecule has 3 nitrogen and oxygen atoms in total. The van der Waals surface area contributed by atoms with E-state index in [0.717, 1.165) is 24.3 Å². The van der Waals surface area contributed by atoms with E-state index >= 15 is 0 Å². The third-order valence-corrected chi connectivity index (χ3v) is 3.72. The smallest absolute Gasteiger partial charge is 0.119 e. The van der Waals surface area contributed by atoms with Gasteiger partial charge in [0, 0.05) is 6.54 Å². The number of hydrogen-bond donors (Lipinski definition) is 2. The van der Waals surface area contributed by atoms with Crippen LogP contribution in [0.3, 0.4) is 0 Å². The Hall–Kier alpha value is -1.06. The molecule has 0 spiro atoms. The molecule has 0 aliphatic rings. The van der Waals surface area contributed by atoms with Crippen molar-refractivity contribution in [2.45, 2.75) is 71.3 Å². The molecule has 21 heavy (non-hydrogen) atoms. The molecule has 1 aromatic rings. The summed E-state index contributed by atoms with van der Waals surface area (Å²) in [5, 5.41) is 8.61. The second-order valence-electron chi connectivity index (χ2n) is 5.66. The Kier molecular flexibility index (Phi) is 10.8. The second kappa shape index (κ2) is 12.7. The average Bonchev–Trinajstić information content (AvgIpc) is 2.51. The van der Waals surface area contributed by atoms with E-state index in [2.05, 4.69) is 12.4 Å². The molecule has 2 N–H and O–H groups in total. The minimum absolute atomic E-state index is 0.471. The molecule has 0 atom stereocenters. The minimum Gasteiger partial charge on any atom is -0.494 e. The Morgan fingerprint density at radius 2 is 1.43 bits per heavy atom. The van der Waals surface area contributed by atoms with Crippen molar-refractivity contribution in [3.63, 3.8) is 0 Å². The van der Waals surface area contributed by atoms with Crippen molar-refractivity contribution < 1.29 is 9.94 Å². The van der Waals surface area contributed by atoms with Gasteiger partial charge < -0.3 is 9.94 Å². The maximum atomic E-state index is 8.61. The SMILES string of the molecule is CCCCCCCCCCCOc1ccc(CNO)cc1. The van der Waals surface area contributed by atoms with Gasteiger partial charge in [0.1, 0.15) is 5.75 Å². The second-order valence-corrected chi connectivity index (χ2v) is 5.66. The summed E-state index contributed by atoms with van der Waals surface area (Å²) in [5.41, 5.74) is 3.20. The molecule has 0 heterocycles. The quantitative estimate of drug-likeness (QED) is 0.394. The maximum Gasteiger partial charge on any atom is 0.119 e. The van der Waals surface area contributed by atoms with E-state index < -0.39 is 0 Å². The predicted molar refractivity (Wildman–Crippen MR) is 87.8 cm³/mol. The molecule has 0 bridgehead atoms. The van der Waals surface area contributed by atoms with Crippen molar-refractivity contribution in [1.29, 1.82) is 0 Å². The van der Waals surface area contributed by atoms with Gasteiger partial charge in [0.25, 0.3) is 0 Å². The molecule has 0 aliphatic heterocycles. The van der Waals surface area contributed by atoms with Gasteiger partial charge in [-0.15, -0.1) is 0 Å². The fourth-order valence-corrected chi connectivity index (χ4v) is 2.40. The summed E-state index contributed by atoms with van der Waals surface area (Å²) in [5.74, 6) is 0.913. The Labute approximate surface area is 129 Å². The van der Waals surface area contributed by atoms with E-state index in [1.165, 1.54) is 51.4 Å². The molecule has 0 amide bonds. The van der Waals surface area contributed by atoms with Crippen molar-refractivity contribution in [3.8, 4) is 5.75 Å². The standard InChI is InChI=1S/C18H31NO2/c1-2-3-4-5-6-7-8-9-10-15-21-18-13-11-17(12-14-18)16-19-20/h11-14,19-20H,2-10,15-16H2,1H3. The van der Waals surface area contributed by atoms with E-state index in [4.69, 9.17) is 9.94 Å². The van der Waals surface area contributed by atoms with Crippen LogP contribution in [0.5, 0.6) is 5.75 Å². The van der Waals surface area contributed by atoms with Crippen LogP contribution < -0.4 is 10.2 Å². The number of benzene rings is 1. The predicted octanol–water partition coefficient (Wildman–Crippen LogP) is 5.08. The highest BCUT2D eigenvalue weighted by atomic mass is 16.5. The van der Waals surface area contributed by atoms with Crippen LogP contribution in [0, 0.1) is 0 Å². The lowest BCUT2D eigenvalue weighted by atomic mass is 10.1. The summed E-state index contributed by atoms with van der Waals surface area (Å²) in [6.07, 6.45) is 12.0. The van der Waals surface area contributed by atoms with Gasteiger partial charge in [-0.25, -0.2) is 5.48 Å². The number of rotatable bonds is 13. The molecule has 0 saturated carbocycles. The maximum absolute atomic E-state index is 8.61. The van der Waals surface area contributed by atoms with E-state index in [1.807, 2.05) is 24.3 Å². The van der Waals surface area contributed by atoms with Crippen molar-refractivity contribution >= 4 is 0 Å². The van der Waals surface area contributed by atoms with Crippen LogP contribution >= 0.6 is 0 Å². The van der Waals surface area contributed by atoms with Gasteiger partial charge in [-0.3, -0.25) is 0 Å². The Morgan fingerprint density at radius 1 is 0.857 bits per heavy atom. The molecule has 0 unspecified atom stereocenters. The van der Waals surface area contributed by atoms with Gasteiger partial charge in [0.05, 0.1) is 6.61 Å². The molecule has 0 radical (unpaired) electrons. The number of hydrogen-bond acceptors (Lipinski definition) is 3. The van der Waals surface area contributed by atoms with Crippen LogP contribution in [0.2, 0.25) is 0 Å². The molecule has 120 valence electrons. The number of nitrogens with one attached hydrogen (secondary N) is 1. The summed E-state index contributed by atoms with van der Waals surface area (Å²) >= 11 is 0. The van der Waals surface area contributed by atoms with E-state index in [-0.39, 0.29) is 0 Å². The zero-order valence-electron chi connectivity index (χ0n) is 13.4. The van der Waals surface area contributed by atoms with Gasteiger partial charge in [-0.05, 0) is 24.1 Å². The highest BCUT2D eigenvalue weighted by Crippen LogP contribution is 2.13. The first-order chi connectivity index (χ1) is 10.4. The molecule has 3 heteroatoms. The normalized spacial score (nSPS) is 10.8. The number of unbranched alkanes of at least 4 members (excludes halogenated alkanes) is 8. The summed E-state index contributed by atoms with van der Waals surface area (Å²) in [4.78, 5) is 0. The first-order valence-corrected chi connectivity index (χ1v) is 8.45. The summed E-state index contributed by atoms with van der Waals surface area (Å²) in [6, 6.07) is 7.85. The van der Waals surface area contributed by atoms with Crippen molar-refractivity contribution in [3.05, 3.63) is 29.8 Å². The van der Waals surface area contributed by atoms with Crippen molar-refractivity contribution in [2.75, 3.05) is 6.61 Å². The molecular formula is C18H31NO2. The van der Waals surface area contributed by atoms with Gasteiger partial charge in [-0.1, -0.05) is 70.4 Å². The molecule has 0 saturated heterocycles. The number of ether oxygens (including phenoxy) is 1. The lowest BCUT2D eigenvalue weighted by Gasteiger charge is -2.07. The topological polar surface area (TPSA) is 41.5 Å². The number of hydroxylamine groups is 1. The lowest BCUT2D eigenvalue weighted by molar-refractivity contribution is 0.161. The highest BCUT2D eigenvalue weighted by molar-refractivity contribution is 5.27. The molecule has 0 aliphatic carbocycles. The summed E-state index contributed by atoms with van der Waals surface area (Å²) in [6.45, 7) is 3.53. The first kappa shape index (κ1) is 18.0. The molecule has 0 fully saturated rings. The van der Waals surface area contributed by atoms with E-state index in [9.17, 15) is 0 Å². The largest absolute Gasteiger partial charge is 0.494 e. The van der Waals surface area contributed by atoms with Crippen LogP contribution in [0.4, 0.5) is 0 Å². The zero-order chi connectivity index (χ0) is 15.2. The van der Waals surface area contributed by atoms with Crippen LogP contribution in [0.25, 0.3) is 0 Å². The average molecular weight is 293 g/mol. The Bertz CT molecular complexity index is 338. The van der Waals surface area contributed by atoms with Crippen LogP contribution in [0.1, 0.15) is 70.3 Å². The fourth-order valence-electron chi connectivity index (χ4n) is 2.40. The lowest BCUT2D eigenvalue weighted by Crippen LogP contribution is -2.05. The third kappa shape index (κ3) is 9.48. The van der Waals surface area contributed by atoms with Crippen molar-refractivity contribution in [2.24, 2.45) is 0 Å². The van der Waals surface area contributed by atoms with Crippen LogP contribution in [0.15, 0.2) is 24.3 Å². The monoisotopic (exact) mass is 293 g/mol. The van der Waals surface area contributed by atoms with Gasteiger partial charge in [0.15, 0.2) is 0 Å². The van der Waals surface area contributed by atoms with Gasteiger partial charge in [-0.2, -0.15) is 0 Å². The summed E-state index contributed by atoms with van der Waals surface area (Å²) in [7, 11) is 0. The third-order valence-electron chi connectivity index (χ3n) is 3.72. The molecule has 1 rings (SSSR count). The highest BCUT2D eigenvalue weighted by Gasteiger charge is 1.96. The summed E-state index contributed by atoms with van der Waals surface area (Å²) < 4.78 is 5.72. The fraction of sp³-hybridized carbons (Fsp3) is 0.667. The van der Waals surface area contributed by atoms with Gasteiger partial charge >= 0.3 is 0 Å². The van der Waals surface area contributed by atoms with E-state index in [0.29, 0.717) is 6.54 Å². The van der Waals surface area contributed by atoms with E-state index in [1.54, 1.807) is 0 Å². The zero-order valence-corrected chi connectivity index (χ0v) is 13.4. The molecular weight excluding hydrogens is 262 g/mol. The Balaban J connectivity index is 1.94. The van der Waals surface area contributed by atoms with Gasteiger partial charge in [0.2, 0.25) is 0 Å². The van der Waals surface area contributed by atoms with Crippen LogP contribution in [-0.4, -0.2) is 11.8 Å². The Morgan fingerprint density at radius 3 is 2.00 bits per heavy atom. The first-order valence-electron chi connectivity index (χ1n) is 8.45.